The van der Waals surface area contributed by atoms with Crippen molar-refractivity contribution >= 4 is 0 Å². The predicted molar refractivity (Wildman–Crippen MR) is 89.8 cm³/mol. The summed E-state index contributed by atoms with van der Waals surface area (Å²) < 4.78 is 0. The first-order chi connectivity index (χ1) is 10.3. The molecule has 0 atom stereocenters. The van der Waals surface area contributed by atoms with Crippen LogP contribution in [-0.4, -0.2) is 37.6 Å². The summed E-state index contributed by atoms with van der Waals surface area (Å²) in [5, 5.41) is 3.44. The second kappa shape index (κ2) is 7.42. The first-order valence-electron chi connectivity index (χ1n) is 8.84. The lowest BCUT2D eigenvalue weighted by atomic mass is 9.78. The van der Waals surface area contributed by atoms with Gasteiger partial charge in [0.1, 0.15) is 0 Å². The molecule has 2 aliphatic rings. The molecule has 0 aromatic heterocycles. The maximum absolute atomic E-state index is 3.44. The van der Waals surface area contributed by atoms with Gasteiger partial charge in [-0.05, 0) is 42.2 Å². The fraction of sp³-hybridized carbons (Fsp3) is 0.684. The molecule has 116 valence electrons. The van der Waals surface area contributed by atoms with Gasteiger partial charge in [-0.15, -0.1) is 0 Å². The van der Waals surface area contributed by atoms with Gasteiger partial charge >= 0.3 is 0 Å². The highest BCUT2D eigenvalue weighted by atomic mass is 15.2. The Bertz CT molecular complexity index is 429. The Morgan fingerprint density at radius 1 is 1.05 bits per heavy atom. The van der Waals surface area contributed by atoms with Crippen LogP contribution >= 0.6 is 0 Å². The average molecular weight is 286 g/mol. The molecule has 0 radical (unpaired) electrons. The third-order valence-electron chi connectivity index (χ3n) is 5.42. The quantitative estimate of drug-likeness (QED) is 0.912. The first kappa shape index (κ1) is 15.1. The summed E-state index contributed by atoms with van der Waals surface area (Å²) in [6.45, 7) is 8.37. The highest BCUT2D eigenvalue weighted by Crippen LogP contribution is 2.36. The van der Waals surface area contributed by atoms with Crippen molar-refractivity contribution in [2.24, 2.45) is 5.92 Å². The van der Waals surface area contributed by atoms with Gasteiger partial charge in [-0.2, -0.15) is 0 Å². The molecule has 0 amide bonds. The van der Waals surface area contributed by atoms with E-state index in [1.165, 1.54) is 51.7 Å². The minimum Gasteiger partial charge on any atom is -0.314 e. The predicted octanol–water partition coefficient (Wildman–Crippen LogP) is 3.43. The lowest BCUT2D eigenvalue weighted by Crippen LogP contribution is -2.44. The van der Waals surface area contributed by atoms with Crippen molar-refractivity contribution in [1.82, 2.24) is 10.2 Å². The summed E-state index contributed by atoms with van der Waals surface area (Å²) in [4.78, 5) is 2.61. The molecule has 0 spiro atoms. The molecule has 1 saturated heterocycles. The number of hydrogen-bond acceptors (Lipinski definition) is 2. The summed E-state index contributed by atoms with van der Waals surface area (Å²) in [6.07, 6.45) is 6.84. The molecule has 2 heteroatoms. The summed E-state index contributed by atoms with van der Waals surface area (Å²) in [5.41, 5.74) is 3.26. The molecule has 0 unspecified atom stereocenters. The molecular weight excluding hydrogens is 256 g/mol. The lowest BCUT2D eigenvalue weighted by molar-refractivity contribution is 0.243. The lowest BCUT2D eigenvalue weighted by Gasteiger charge is -2.30. The van der Waals surface area contributed by atoms with Crippen molar-refractivity contribution in [3.05, 3.63) is 35.4 Å². The highest BCUT2D eigenvalue weighted by Gasteiger charge is 2.21. The zero-order valence-electron chi connectivity index (χ0n) is 13.5. The van der Waals surface area contributed by atoms with Gasteiger partial charge < -0.3 is 10.2 Å². The number of benzene rings is 1. The molecule has 1 N–H and O–H groups in total. The van der Waals surface area contributed by atoms with Crippen molar-refractivity contribution in [1.29, 1.82) is 0 Å². The van der Waals surface area contributed by atoms with Crippen LogP contribution < -0.4 is 5.32 Å². The molecule has 1 aliphatic carbocycles. The standard InChI is InChI=1S/C19H30N2/c1-16-6-8-18(9-7-16)19-5-3-2-4-17(19)10-13-21-14-11-20-12-15-21/h2-5,16,18,20H,6-15H2,1H3. The van der Waals surface area contributed by atoms with Crippen molar-refractivity contribution < 1.29 is 0 Å². The number of nitrogens with one attached hydrogen (secondary N) is 1. The maximum Gasteiger partial charge on any atom is 0.0108 e. The van der Waals surface area contributed by atoms with Gasteiger partial charge in [0.25, 0.3) is 0 Å². The normalized spacial score (nSPS) is 27.7. The third-order valence-corrected chi connectivity index (χ3v) is 5.42. The van der Waals surface area contributed by atoms with Crippen LogP contribution in [0, 0.1) is 5.92 Å². The van der Waals surface area contributed by atoms with Crippen molar-refractivity contribution in [3.8, 4) is 0 Å². The smallest absolute Gasteiger partial charge is 0.0108 e. The van der Waals surface area contributed by atoms with Crippen LogP contribution in [0.3, 0.4) is 0 Å². The Morgan fingerprint density at radius 3 is 2.52 bits per heavy atom. The zero-order chi connectivity index (χ0) is 14.5. The molecule has 1 aliphatic heterocycles. The average Bonchev–Trinajstić information content (AvgIpc) is 2.55. The molecule has 1 saturated carbocycles. The topological polar surface area (TPSA) is 15.3 Å². The van der Waals surface area contributed by atoms with Crippen molar-refractivity contribution in [2.75, 3.05) is 32.7 Å². The number of nitrogens with zero attached hydrogens (tertiary/aromatic N) is 1. The van der Waals surface area contributed by atoms with Crippen LogP contribution in [-0.2, 0) is 6.42 Å². The van der Waals surface area contributed by atoms with Crippen LogP contribution in [0.1, 0.15) is 49.7 Å². The van der Waals surface area contributed by atoms with Gasteiger partial charge in [-0.25, -0.2) is 0 Å². The van der Waals surface area contributed by atoms with E-state index in [4.69, 9.17) is 0 Å². The zero-order valence-corrected chi connectivity index (χ0v) is 13.5. The molecule has 2 nitrogen and oxygen atoms in total. The fourth-order valence-electron chi connectivity index (χ4n) is 3.94. The Morgan fingerprint density at radius 2 is 1.76 bits per heavy atom. The Labute approximate surface area is 129 Å². The molecule has 2 fully saturated rings. The number of hydrogen-bond donors (Lipinski definition) is 1. The second-order valence-electron chi connectivity index (χ2n) is 7.00. The van der Waals surface area contributed by atoms with Crippen LogP contribution in [0.2, 0.25) is 0 Å². The maximum atomic E-state index is 3.44. The first-order valence-corrected chi connectivity index (χ1v) is 8.84. The Hall–Kier alpha value is -0.860. The van der Waals surface area contributed by atoms with E-state index in [0.717, 1.165) is 24.9 Å². The van der Waals surface area contributed by atoms with Crippen molar-refractivity contribution in [3.63, 3.8) is 0 Å². The SMILES string of the molecule is CC1CCC(c2ccccc2CCN2CCNCC2)CC1. The van der Waals surface area contributed by atoms with Crippen molar-refractivity contribution in [2.45, 2.75) is 44.9 Å². The Balaban J connectivity index is 1.62. The van der Waals surface area contributed by atoms with E-state index >= 15 is 0 Å². The molecule has 0 bridgehead atoms. The highest BCUT2D eigenvalue weighted by molar-refractivity contribution is 5.31. The molecule has 1 aromatic carbocycles. The minimum atomic E-state index is 0.820. The van der Waals surface area contributed by atoms with Crippen LogP contribution in [0.25, 0.3) is 0 Å². The van der Waals surface area contributed by atoms with E-state index < -0.39 is 0 Å². The molecular formula is C19H30N2. The third kappa shape index (κ3) is 4.08. The minimum absolute atomic E-state index is 0.820. The van der Waals surface area contributed by atoms with E-state index in [2.05, 4.69) is 41.4 Å². The molecule has 21 heavy (non-hydrogen) atoms. The van der Waals surface area contributed by atoms with E-state index in [-0.39, 0.29) is 0 Å². The van der Waals surface area contributed by atoms with Gasteiger partial charge in [0, 0.05) is 32.7 Å². The van der Waals surface area contributed by atoms with E-state index in [1.54, 1.807) is 11.1 Å². The molecule has 1 aromatic rings. The van der Waals surface area contributed by atoms with E-state index in [9.17, 15) is 0 Å². The number of piperazine rings is 1. The van der Waals surface area contributed by atoms with E-state index in [0.29, 0.717) is 0 Å². The van der Waals surface area contributed by atoms with Crippen LogP contribution in [0.15, 0.2) is 24.3 Å². The molecule has 1 heterocycles. The van der Waals surface area contributed by atoms with Crippen LogP contribution in [0.4, 0.5) is 0 Å². The van der Waals surface area contributed by atoms with E-state index in [1.807, 2.05) is 0 Å². The molecule has 3 rings (SSSR count). The monoisotopic (exact) mass is 286 g/mol. The number of rotatable bonds is 4. The summed E-state index contributed by atoms with van der Waals surface area (Å²) in [6, 6.07) is 9.23. The van der Waals surface area contributed by atoms with Gasteiger partial charge in [0.15, 0.2) is 0 Å². The fourth-order valence-corrected chi connectivity index (χ4v) is 3.94. The summed E-state index contributed by atoms with van der Waals surface area (Å²) in [5.74, 6) is 1.76. The van der Waals surface area contributed by atoms with Gasteiger partial charge in [-0.3, -0.25) is 0 Å². The van der Waals surface area contributed by atoms with Crippen LogP contribution in [0.5, 0.6) is 0 Å². The summed E-state index contributed by atoms with van der Waals surface area (Å²) in [7, 11) is 0. The van der Waals surface area contributed by atoms with Gasteiger partial charge in [0.05, 0.1) is 0 Å². The van der Waals surface area contributed by atoms with Gasteiger partial charge in [0.2, 0.25) is 0 Å². The largest absolute Gasteiger partial charge is 0.314 e. The summed E-state index contributed by atoms with van der Waals surface area (Å²) >= 11 is 0. The Kier molecular flexibility index (Phi) is 5.32. The second-order valence-corrected chi connectivity index (χ2v) is 7.00. The van der Waals surface area contributed by atoms with Gasteiger partial charge in [-0.1, -0.05) is 44.0 Å².